The Balaban J connectivity index is 1.64. The van der Waals surface area contributed by atoms with Gasteiger partial charge in [0, 0.05) is 12.3 Å². The Morgan fingerprint density at radius 2 is 1.67 bits per heavy atom. The van der Waals surface area contributed by atoms with E-state index in [0.29, 0.717) is 0 Å². The largest absolute Gasteiger partial charge is 0.479 e. The minimum absolute atomic E-state index is 0.00173. The Labute approximate surface area is 192 Å². The third kappa shape index (κ3) is 5.51. The fourth-order valence-corrected chi connectivity index (χ4v) is 3.65. The summed E-state index contributed by atoms with van der Waals surface area (Å²) >= 11 is 0. The monoisotopic (exact) mass is 450 g/mol. The van der Waals surface area contributed by atoms with Crippen LogP contribution in [-0.2, 0) is 14.3 Å². The summed E-state index contributed by atoms with van der Waals surface area (Å²) in [6.07, 6.45) is -0.790. The summed E-state index contributed by atoms with van der Waals surface area (Å²) in [7, 11) is 0. The lowest BCUT2D eigenvalue weighted by atomic mass is 9.98. The van der Waals surface area contributed by atoms with E-state index in [4.69, 9.17) is 9.84 Å². The summed E-state index contributed by atoms with van der Waals surface area (Å²) in [6.45, 7) is 2.22. The minimum atomic E-state index is -2.14. The highest BCUT2D eigenvalue weighted by atomic mass is 16.5. The van der Waals surface area contributed by atoms with Crippen molar-refractivity contribution in [2.75, 3.05) is 13.2 Å². The normalized spacial score (nSPS) is 14.5. The van der Waals surface area contributed by atoms with E-state index in [1.165, 1.54) is 0 Å². The van der Waals surface area contributed by atoms with Crippen LogP contribution in [0.5, 0.6) is 0 Å². The topological polar surface area (TPSA) is 125 Å². The lowest BCUT2D eigenvalue weighted by molar-refractivity contribution is -0.156. The molecule has 8 heteroatoms. The van der Waals surface area contributed by atoms with Crippen LogP contribution in [0.25, 0.3) is 11.1 Å². The van der Waals surface area contributed by atoms with Gasteiger partial charge in [0.05, 0.1) is 6.54 Å². The van der Waals surface area contributed by atoms with Gasteiger partial charge < -0.3 is 25.6 Å². The predicted octanol–water partition coefficient (Wildman–Crippen LogP) is 2.26. The van der Waals surface area contributed by atoms with Crippen LogP contribution in [0.15, 0.2) is 48.5 Å². The van der Waals surface area contributed by atoms with Crippen LogP contribution in [0.1, 0.15) is 37.3 Å². The number of alkyl carbamates (subject to hydrolysis) is 1. The number of nitrogens with one attached hydrogen (secondary N) is 2. The van der Waals surface area contributed by atoms with Crippen molar-refractivity contribution in [2.24, 2.45) is 0 Å². The van der Waals surface area contributed by atoms with E-state index in [0.717, 1.165) is 29.2 Å². The number of benzene rings is 2. The molecule has 2 aromatic rings. The first-order valence-electron chi connectivity index (χ1n) is 10.5. The van der Waals surface area contributed by atoms with Crippen LogP contribution < -0.4 is 10.6 Å². The maximum atomic E-state index is 12.5. The molecular weight excluding hydrogens is 424 g/mol. The number of aliphatic carboxylic acids is 1. The first-order valence-corrected chi connectivity index (χ1v) is 10.5. The molecule has 8 nitrogen and oxygen atoms in total. The van der Waals surface area contributed by atoms with E-state index >= 15 is 0 Å². The first-order chi connectivity index (χ1) is 15.7. The highest BCUT2D eigenvalue weighted by Crippen LogP contribution is 2.44. The molecule has 1 aliphatic rings. The van der Waals surface area contributed by atoms with E-state index in [9.17, 15) is 19.5 Å². The summed E-state index contributed by atoms with van der Waals surface area (Å²) in [5.74, 6) is 3.09. The Kier molecular flexibility index (Phi) is 7.36. The second kappa shape index (κ2) is 10.2. The number of amides is 2. The molecule has 0 aliphatic heterocycles. The third-order valence-corrected chi connectivity index (χ3v) is 5.50. The molecule has 0 heterocycles. The first kappa shape index (κ1) is 23.8. The summed E-state index contributed by atoms with van der Waals surface area (Å²) in [4.78, 5) is 36.0. The molecule has 172 valence electrons. The molecule has 0 bridgehead atoms. The van der Waals surface area contributed by atoms with Gasteiger partial charge in [-0.05, 0) is 36.1 Å². The predicted molar refractivity (Wildman–Crippen MR) is 121 cm³/mol. The van der Waals surface area contributed by atoms with Gasteiger partial charge in [-0.25, -0.2) is 9.59 Å². The number of hydrogen-bond donors (Lipinski definition) is 4. The van der Waals surface area contributed by atoms with E-state index in [2.05, 4.69) is 22.5 Å². The number of carboxylic acids is 1. The average Bonchev–Trinajstić information content (AvgIpc) is 3.12. The zero-order valence-electron chi connectivity index (χ0n) is 18.4. The quantitative estimate of drug-likeness (QED) is 0.457. The molecule has 0 saturated heterocycles. The molecule has 2 amide bonds. The smallest absolute Gasteiger partial charge is 0.407 e. The summed E-state index contributed by atoms with van der Waals surface area (Å²) in [5, 5.41) is 23.6. The summed E-state index contributed by atoms with van der Waals surface area (Å²) in [5.41, 5.74) is 2.19. The standard InChI is InChI=1S/C25H26N2O6/c1-3-4-13-21(22(28)26-15-25(2,32)23(29)30)27-24(31)33-14-20-18-11-7-5-9-16(18)17-10-6-8-12-19(17)20/h5-12,20-21,32H,13-15H2,1-2H3,(H,26,28)(H,27,31)(H,29,30). The van der Waals surface area contributed by atoms with Gasteiger partial charge in [0.15, 0.2) is 5.60 Å². The second-order valence-corrected chi connectivity index (χ2v) is 7.95. The van der Waals surface area contributed by atoms with E-state index in [-0.39, 0.29) is 18.9 Å². The molecule has 2 atom stereocenters. The van der Waals surface area contributed by atoms with Gasteiger partial charge in [0.25, 0.3) is 0 Å². The lowest BCUT2D eigenvalue weighted by Gasteiger charge is -2.21. The molecule has 0 radical (unpaired) electrons. The van der Waals surface area contributed by atoms with Crippen LogP contribution in [-0.4, -0.2) is 53.0 Å². The van der Waals surface area contributed by atoms with Gasteiger partial charge in [0.1, 0.15) is 12.6 Å². The van der Waals surface area contributed by atoms with Crippen molar-refractivity contribution in [3.63, 3.8) is 0 Å². The number of carbonyl (C=O) groups is 3. The van der Waals surface area contributed by atoms with Gasteiger partial charge in [0.2, 0.25) is 5.91 Å². The molecule has 0 saturated carbocycles. The van der Waals surface area contributed by atoms with Crippen LogP contribution in [0.4, 0.5) is 4.79 Å². The maximum absolute atomic E-state index is 12.5. The van der Waals surface area contributed by atoms with Gasteiger partial charge in [-0.15, -0.1) is 11.8 Å². The van der Waals surface area contributed by atoms with Crippen molar-refractivity contribution in [3.05, 3.63) is 59.7 Å². The highest BCUT2D eigenvalue weighted by Gasteiger charge is 2.32. The fourth-order valence-electron chi connectivity index (χ4n) is 3.65. The SMILES string of the molecule is CC#CCC(NC(=O)OCC1c2ccccc2-c2ccccc21)C(=O)NCC(C)(O)C(=O)O. The van der Waals surface area contributed by atoms with Crippen molar-refractivity contribution in [1.29, 1.82) is 0 Å². The van der Waals surface area contributed by atoms with E-state index in [1.807, 2.05) is 48.5 Å². The maximum Gasteiger partial charge on any atom is 0.407 e. The fraction of sp³-hybridized carbons (Fsp3) is 0.320. The van der Waals surface area contributed by atoms with Crippen LogP contribution in [0.3, 0.4) is 0 Å². The van der Waals surface area contributed by atoms with Crippen molar-refractivity contribution in [1.82, 2.24) is 10.6 Å². The van der Waals surface area contributed by atoms with Crippen LogP contribution in [0, 0.1) is 11.8 Å². The molecular formula is C25H26N2O6. The Morgan fingerprint density at radius 1 is 1.09 bits per heavy atom. The number of fused-ring (bicyclic) bond motifs is 3. The Bertz CT molecular complexity index is 1070. The Morgan fingerprint density at radius 3 is 2.21 bits per heavy atom. The number of rotatable bonds is 8. The van der Waals surface area contributed by atoms with Crippen molar-refractivity contribution in [3.8, 4) is 23.0 Å². The number of ether oxygens (including phenoxy) is 1. The van der Waals surface area contributed by atoms with E-state index in [1.54, 1.807) is 6.92 Å². The van der Waals surface area contributed by atoms with E-state index < -0.39 is 36.2 Å². The number of carboxylic acid groups (broad SMARTS) is 1. The third-order valence-electron chi connectivity index (χ3n) is 5.50. The molecule has 0 spiro atoms. The van der Waals surface area contributed by atoms with Gasteiger partial charge in [-0.3, -0.25) is 4.79 Å². The second-order valence-electron chi connectivity index (χ2n) is 7.95. The molecule has 3 rings (SSSR count). The molecule has 4 N–H and O–H groups in total. The summed E-state index contributed by atoms with van der Waals surface area (Å²) < 4.78 is 5.46. The van der Waals surface area contributed by atoms with Crippen LogP contribution in [0.2, 0.25) is 0 Å². The van der Waals surface area contributed by atoms with Gasteiger partial charge in [-0.2, -0.15) is 0 Å². The molecule has 2 aromatic carbocycles. The molecule has 1 aliphatic carbocycles. The van der Waals surface area contributed by atoms with Crippen molar-refractivity contribution >= 4 is 18.0 Å². The minimum Gasteiger partial charge on any atom is -0.479 e. The van der Waals surface area contributed by atoms with Crippen molar-refractivity contribution in [2.45, 2.75) is 37.8 Å². The van der Waals surface area contributed by atoms with Crippen molar-refractivity contribution < 1.29 is 29.3 Å². The highest BCUT2D eigenvalue weighted by molar-refractivity contribution is 5.87. The molecule has 2 unspecified atom stereocenters. The molecule has 0 fully saturated rings. The molecule has 33 heavy (non-hydrogen) atoms. The zero-order valence-corrected chi connectivity index (χ0v) is 18.4. The summed E-state index contributed by atoms with van der Waals surface area (Å²) in [6, 6.07) is 14.8. The molecule has 0 aromatic heterocycles. The van der Waals surface area contributed by atoms with Crippen LogP contribution >= 0.6 is 0 Å². The zero-order chi connectivity index (χ0) is 24.0. The average molecular weight is 450 g/mol. The Hall–Kier alpha value is -3.83. The lowest BCUT2D eigenvalue weighted by Crippen LogP contribution is -2.52. The van der Waals surface area contributed by atoms with Gasteiger partial charge in [-0.1, -0.05) is 48.5 Å². The van der Waals surface area contributed by atoms with Gasteiger partial charge >= 0.3 is 12.1 Å². The number of hydrogen-bond acceptors (Lipinski definition) is 5. The number of carbonyl (C=O) groups excluding carboxylic acids is 2. The number of aliphatic hydroxyl groups is 1.